The van der Waals surface area contributed by atoms with E-state index in [1.54, 1.807) is 36.1 Å². The van der Waals surface area contributed by atoms with Gasteiger partial charge in [-0.25, -0.2) is 9.07 Å². The Morgan fingerprint density at radius 2 is 1.56 bits per heavy atom. The Kier molecular flexibility index (Phi) is 5.45. The van der Waals surface area contributed by atoms with Gasteiger partial charge in [0.1, 0.15) is 17.1 Å². The van der Waals surface area contributed by atoms with Gasteiger partial charge in [0, 0.05) is 43.3 Å². The monoisotopic (exact) mass is 460 g/mol. The van der Waals surface area contributed by atoms with Crippen LogP contribution >= 0.6 is 0 Å². The molecule has 9 heteroatoms. The minimum absolute atomic E-state index is 0.148. The minimum atomic E-state index is -0.550. The normalized spacial score (nSPS) is 13.9. The number of aromatic nitrogens is 2. The lowest BCUT2D eigenvalue weighted by Crippen LogP contribution is -2.51. The second-order valence-electron chi connectivity index (χ2n) is 8.09. The van der Waals surface area contributed by atoms with E-state index in [0.717, 1.165) is 5.39 Å². The highest BCUT2D eigenvalue weighted by atomic mass is 19.1. The van der Waals surface area contributed by atoms with Crippen LogP contribution in [0.5, 0.6) is 0 Å². The van der Waals surface area contributed by atoms with Gasteiger partial charge in [-0.3, -0.25) is 14.4 Å². The fourth-order valence-electron chi connectivity index (χ4n) is 4.07. The summed E-state index contributed by atoms with van der Waals surface area (Å²) in [5.41, 5.74) is 0.376. The number of carbonyl (C=O) groups is 2. The summed E-state index contributed by atoms with van der Waals surface area (Å²) in [6.07, 6.45) is 0. The van der Waals surface area contributed by atoms with E-state index in [2.05, 4.69) is 5.10 Å². The lowest BCUT2D eigenvalue weighted by atomic mass is 10.2. The Hall–Kier alpha value is -4.27. The predicted molar refractivity (Wildman–Crippen MR) is 123 cm³/mol. The van der Waals surface area contributed by atoms with Gasteiger partial charge in [0.15, 0.2) is 11.5 Å². The third-order valence-corrected chi connectivity index (χ3v) is 5.88. The Balaban J connectivity index is 1.33. The molecule has 0 saturated carbocycles. The maximum absolute atomic E-state index is 14.3. The van der Waals surface area contributed by atoms with E-state index in [0.29, 0.717) is 11.3 Å². The van der Waals surface area contributed by atoms with Crippen LogP contribution in [0.15, 0.2) is 69.9 Å². The van der Waals surface area contributed by atoms with E-state index in [4.69, 9.17) is 4.42 Å². The van der Waals surface area contributed by atoms with E-state index in [-0.39, 0.29) is 49.2 Å². The zero-order valence-corrected chi connectivity index (χ0v) is 18.4. The first-order valence-corrected chi connectivity index (χ1v) is 10.9. The first-order valence-electron chi connectivity index (χ1n) is 10.9. The van der Waals surface area contributed by atoms with E-state index in [9.17, 15) is 18.8 Å². The highest BCUT2D eigenvalue weighted by molar-refractivity contribution is 5.96. The van der Waals surface area contributed by atoms with Crippen molar-refractivity contribution in [2.45, 2.75) is 6.92 Å². The Morgan fingerprint density at radius 3 is 2.26 bits per heavy atom. The number of hydrogen-bond acceptors (Lipinski definition) is 5. The van der Waals surface area contributed by atoms with Gasteiger partial charge in [-0.1, -0.05) is 30.3 Å². The van der Waals surface area contributed by atoms with Gasteiger partial charge in [0.05, 0.1) is 0 Å². The van der Waals surface area contributed by atoms with Crippen LogP contribution < -0.4 is 5.43 Å². The number of nitrogens with zero attached hydrogens (tertiary/aromatic N) is 4. The molecule has 1 aliphatic heterocycles. The molecule has 34 heavy (non-hydrogen) atoms. The Bertz CT molecular complexity index is 1430. The smallest absolute Gasteiger partial charge is 0.289 e. The highest BCUT2D eigenvalue weighted by Crippen LogP contribution is 2.21. The lowest BCUT2D eigenvalue weighted by Gasteiger charge is -2.34. The maximum atomic E-state index is 14.3. The molecule has 2 amide bonds. The van der Waals surface area contributed by atoms with Crippen LogP contribution in [0.4, 0.5) is 4.39 Å². The van der Waals surface area contributed by atoms with Crippen LogP contribution in [0.2, 0.25) is 0 Å². The molecule has 0 N–H and O–H groups in total. The summed E-state index contributed by atoms with van der Waals surface area (Å²) in [5.74, 6) is -1.07. The molecule has 3 heterocycles. The summed E-state index contributed by atoms with van der Waals surface area (Å²) in [5, 5.41) is 5.03. The van der Waals surface area contributed by atoms with E-state index < -0.39 is 17.2 Å². The molecule has 0 aliphatic carbocycles. The maximum Gasteiger partial charge on any atom is 0.289 e. The zero-order chi connectivity index (χ0) is 23.8. The molecule has 2 aromatic heterocycles. The van der Waals surface area contributed by atoms with E-state index >= 15 is 0 Å². The zero-order valence-electron chi connectivity index (χ0n) is 18.4. The average molecular weight is 460 g/mol. The van der Waals surface area contributed by atoms with Gasteiger partial charge in [0.2, 0.25) is 5.43 Å². The number of piperazine rings is 1. The fourth-order valence-corrected chi connectivity index (χ4v) is 4.07. The number of fused-ring (bicyclic) bond motifs is 1. The summed E-state index contributed by atoms with van der Waals surface area (Å²) in [6, 6.07) is 16.4. The van der Waals surface area contributed by atoms with Crippen LogP contribution in [0, 0.1) is 12.7 Å². The molecule has 0 radical (unpaired) electrons. The van der Waals surface area contributed by atoms with Crippen molar-refractivity contribution in [1.82, 2.24) is 19.6 Å². The third kappa shape index (κ3) is 3.85. The molecule has 1 saturated heterocycles. The molecule has 0 atom stereocenters. The quantitative estimate of drug-likeness (QED) is 0.469. The molecule has 1 fully saturated rings. The van der Waals surface area contributed by atoms with Gasteiger partial charge in [-0.15, -0.1) is 0 Å². The van der Waals surface area contributed by atoms with Crippen molar-refractivity contribution in [2.24, 2.45) is 0 Å². The standard InChI is InChI=1S/C25H21FN4O4/c1-16-14-20(31)23(27-30(16)19-8-4-3-7-18(19)26)25(33)29-12-10-28(11-13-29)24(32)22-15-17-6-2-5-9-21(17)34-22/h2-9,14-15H,10-13H2,1H3. The van der Waals surface area contributed by atoms with Gasteiger partial charge in [-0.05, 0) is 31.2 Å². The van der Waals surface area contributed by atoms with Crippen LogP contribution in [0.1, 0.15) is 26.7 Å². The number of furan rings is 1. The van der Waals surface area contributed by atoms with Crippen molar-refractivity contribution in [3.63, 3.8) is 0 Å². The molecule has 4 aromatic rings. The van der Waals surface area contributed by atoms with Crippen molar-refractivity contribution >= 4 is 22.8 Å². The molecule has 0 bridgehead atoms. The van der Waals surface area contributed by atoms with Crippen molar-refractivity contribution in [1.29, 1.82) is 0 Å². The van der Waals surface area contributed by atoms with Gasteiger partial charge < -0.3 is 14.2 Å². The number of rotatable bonds is 3. The van der Waals surface area contributed by atoms with Crippen molar-refractivity contribution in [3.8, 4) is 5.69 Å². The molecular formula is C25H21FN4O4. The topological polar surface area (TPSA) is 88.7 Å². The molecule has 172 valence electrons. The van der Waals surface area contributed by atoms with Gasteiger partial charge >= 0.3 is 0 Å². The van der Waals surface area contributed by atoms with Gasteiger partial charge in [0.25, 0.3) is 11.8 Å². The van der Waals surface area contributed by atoms with E-state index in [1.807, 2.05) is 18.2 Å². The summed E-state index contributed by atoms with van der Waals surface area (Å²) < 4.78 is 21.2. The molecule has 2 aromatic carbocycles. The SMILES string of the molecule is Cc1cc(=O)c(C(=O)N2CCN(C(=O)c3cc4ccccc4o3)CC2)nn1-c1ccccc1F. The largest absolute Gasteiger partial charge is 0.451 e. The third-order valence-electron chi connectivity index (χ3n) is 5.88. The number of aryl methyl sites for hydroxylation is 1. The fraction of sp³-hybridized carbons (Fsp3) is 0.200. The minimum Gasteiger partial charge on any atom is -0.451 e. The predicted octanol–water partition coefficient (Wildman–Crippen LogP) is 3.02. The Labute approximate surface area is 193 Å². The van der Waals surface area contributed by atoms with Crippen LogP contribution in [-0.4, -0.2) is 57.6 Å². The summed E-state index contributed by atoms with van der Waals surface area (Å²) in [4.78, 5) is 41.6. The van der Waals surface area contributed by atoms with Crippen LogP contribution in [0.25, 0.3) is 16.7 Å². The van der Waals surface area contributed by atoms with Crippen LogP contribution in [0.3, 0.4) is 0 Å². The molecule has 5 rings (SSSR count). The van der Waals surface area contributed by atoms with E-state index in [1.165, 1.54) is 27.8 Å². The second-order valence-corrected chi connectivity index (χ2v) is 8.09. The second kappa shape index (κ2) is 8.58. The first kappa shape index (κ1) is 21.6. The molecule has 0 spiro atoms. The molecule has 0 unspecified atom stereocenters. The number of halogens is 1. The molecule has 1 aliphatic rings. The summed E-state index contributed by atoms with van der Waals surface area (Å²) >= 11 is 0. The number of hydrogen-bond donors (Lipinski definition) is 0. The summed E-state index contributed by atoms with van der Waals surface area (Å²) in [7, 11) is 0. The highest BCUT2D eigenvalue weighted by Gasteiger charge is 2.29. The lowest BCUT2D eigenvalue weighted by molar-refractivity contribution is 0.0514. The Morgan fingerprint density at radius 1 is 0.912 bits per heavy atom. The van der Waals surface area contributed by atoms with Gasteiger partial charge in [-0.2, -0.15) is 5.10 Å². The number of carbonyl (C=O) groups excluding carboxylic acids is 2. The van der Waals surface area contributed by atoms with Crippen molar-refractivity contribution in [2.75, 3.05) is 26.2 Å². The van der Waals surface area contributed by atoms with Crippen LogP contribution in [-0.2, 0) is 0 Å². The molecule has 8 nitrogen and oxygen atoms in total. The number of amides is 2. The number of para-hydroxylation sites is 2. The average Bonchev–Trinajstić information content (AvgIpc) is 3.28. The first-order chi connectivity index (χ1) is 16.4. The van der Waals surface area contributed by atoms with Crippen molar-refractivity contribution < 1.29 is 18.4 Å². The number of benzene rings is 2. The van der Waals surface area contributed by atoms with Crippen molar-refractivity contribution in [3.05, 3.63) is 93.9 Å². The molecular weight excluding hydrogens is 439 g/mol. The summed E-state index contributed by atoms with van der Waals surface area (Å²) in [6.45, 7) is 2.67.